The van der Waals surface area contributed by atoms with E-state index in [0.29, 0.717) is 29.5 Å². The van der Waals surface area contributed by atoms with Crippen molar-refractivity contribution in [3.05, 3.63) is 53.1 Å². The molecule has 0 heterocycles. The van der Waals surface area contributed by atoms with Gasteiger partial charge in [-0.2, -0.15) is 0 Å². The molecule has 144 valence electrons. The van der Waals surface area contributed by atoms with E-state index in [1.807, 2.05) is 13.0 Å². The summed E-state index contributed by atoms with van der Waals surface area (Å²) in [6, 6.07) is 11.8. The number of benzene rings is 2. The van der Waals surface area contributed by atoms with Crippen LogP contribution in [0.2, 0.25) is 5.02 Å². The van der Waals surface area contributed by atoms with E-state index in [-0.39, 0.29) is 12.3 Å². The Balaban J connectivity index is 1.66. The van der Waals surface area contributed by atoms with Crippen LogP contribution in [0.25, 0.3) is 0 Å². The van der Waals surface area contributed by atoms with Gasteiger partial charge in [-0.25, -0.2) is 10.2 Å². The zero-order valence-electron chi connectivity index (χ0n) is 15.2. The molecule has 8 heteroatoms. The van der Waals surface area contributed by atoms with Crippen molar-refractivity contribution in [3.8, 4) is 11.5 Å². The average Bonchev–Trinajstić information content (AvgIpc) is 2.65. The number of ether oxygens (including phenoxy) is 2. The van der Waals surface area contributed by atoms with Crippen LogP contribution in [0.5, 0.6) is 11.5 Å². The van der Waals surface area contributed by atoms with Crippen LogP contribution in [0.1, 0.15) is 18.4 Å². The SMILES string of the molecule is COc1ccccc1NC(=O)NNC(=O)CCCOc1ccc(Cl)cc1C. The molecule has 0 fully saturated rings. The molecule has 2 rings (SSSR count). The summed E-state index contributed by atoms with van der Waals surface area (Å²) in [6.07, 6.45) is 0.714. The summed E-state index contributed by atoms with van der Waals surface area (Å²) < 4.78 is 10.8. The summed E-state index contributed by atoms with van der Waals surface area (Å²) in [5, 5.41) is 3.24. The number of nitrogens with one attached hydrogen (secondary N) is 3. The number of hydrazine groups is 1. The lowest BCUT2D eigenvalue weighted by molar-refractivity contribution is -0.122. The standard InChI is InChI=1S/C19H22ClN3O4/c1-13-12-14(20)9-10-16(13)27-11-5-8-18(24)22-23-19(25)21-15-6-3-4-7-17(15)26-2/h3-4,6-7,9-10,12H,5,8,11H2,1-2H3,(H,22,24)(H2,21,23,25). The van der Waals surface area contributed by atoms with Crippen molar-refractivity contribution < 1.29 is 19.1 Å². The van der Waals surface area contributed by atoms with Crippen LogP contribution < -0.4 is 25.6 Å². The number of anilines is 1. The third-order valence-electron chi connectivity index (χ3n) is 3.61. The van der Waals surface area contributed by atoms with E-state index in [2.05, 4.69) is 16.2 Å². The molecule has 0 aliphatic rings. The fourth-order valence-electron chi connectivity index (χ4n) is 2.28. The number of para-hydroxylation sites is 2. The Kier molecular flexibility index (Phi) is 7.76. The average molecular weight is 392 g/mol. The molecule has 2 aromatic rings. The molecule has 3 amide bonds. The molecule has 0 aromatic heterocycles. The van der Waals surface area contributed by atoms with Crippen molar-refractivity contribution in [2.75, 3.05) is 19.0 Å². The van der Waals surface area contributed by atoms with Crippen molar-refractivity contribution in [2.45, 2.75) is 19.8 Å². The molecular weight excluding hydrogens is 370 g/mol. The lowest BCUT2D eigenvalue weighted by Gasteiger charge is -2.12. The molecule has 0 radical (unpaired) electrons. The predicted molar refractivity (Wildman–Crippen MR) is 104 cm³/mol. The maximum Gasteiger partial charge on any atom is 0.338 e. The zero-order chi connectivity index (χ0) is 19.6. The minimum atomic E-state index is -0.569. The van der Waals surface area contributed by atoms with E-state index in [0.717, 1.165) is 11.3 Å². The van der Waals surface area contributed by atoms with Crippen LogP contribution in [0.3, 0.4) is 0 Å². The molecule has 0 unspecified atom stereocenters. The van der Waals surface area contributed by atoms with E-state index in [1.165, 1.54) is 7.11 Å². The monoisotopic (exact) mass is 391 g/mol. The summed E-state index contributed by atoms with van der Waals surface area (Å²) >= 11 is 5.89. The Bertz CT molecular complexity index is 798. The van der Waals surface area contributed by atoms with Crippen molar-refractivity contribution >= 4 is 29.2 Å². The number of halogens is 1. The third-order valence-corrected chi connectivity index (χ3v) is 3.85. The number of urea groups is 1. The highest BCUT2D eigenvalue weighted by molar-refractivity contribution is 6.30. The maximum atomic E-state index is 11.8. The predicted octanol–water partition coefficient (Wildman–Crippen LogP) is 3.67. The van der Waals surface area contributed by atoms with Gasteiger partial charge < -0.3 is 14.8 Å². The number of hydrogen-bond acceptors (Lipinski definition) is 4. The second kappa shape index (κ2) is 10.3. The molecule has 0 aliphatic heterocycles. The number of carbonyl (C=O) groups excluding carboxylic acids is 2. The Labute approximate surface area is 163 Å². The highest BCUT2D eigenvalue weighted by atomic mass is 35.5. The van der Waals surface area contributed by atoms with Crippen LogP contribution in [0.15, 0.2) is 42.5 Å². The minimum absolute atomic E-state index is 0.210. The minimum Gasteiger partial charge on any atom is -0.495 e. The molecule has 27 heavy (non-hydrogen) atoms. The van der Waals surface area contributed by atoms with Gasteiger partial charge in [-0.15, -0.1) is 0 Å². The third kappa shape index (κ3) is 6.71. The van der Waals surface area contributed by atoms with Crippen LogP contribution in [0.4, 0.5) is 10.5 Å². The van der Waals surface area contributed by atoms with Crippen molar-refractivity contribution in [2.24, 2.45) is 0 Å². The second-order valence-electron chi connectivity index (χ2n) is 5.69. The Morgan fingerprint density at radius 1 is 1.07 bits per heavy atom. The van der Waals surface area contributed by atoms with Gasteiger partial charge in [0, 0.05) is 11.4 Å². The van der Waals surface area contributed by atoms with Crippen LogP contribution in [-0.4, -0.2) is 25.7 Å². The van der Waals surface area contributed by atoms with E-state index in [9.17, 15) is 9.59 Å². The Morgan fingerprint density at radius 3 is 2.59 bits per heavy atom. The van der Waals surface area contributed by atoms with Gasteiger partial charge in [0.1, 0.15) is 11.5 Å². The molecular formula is C19H22ClN3O4. The van der Waals surface area contributed by atoms with Gasteiger partial charge in [0.25, 0.3) is 0 Å². The highest BCUT2D eigenvalue weighted by Crippen LogP contribution is 2.23. The van der Waals surface area contributed by atoms with Gasteiger partial charge in [0.05, 0.1) is 19.4 Å². The van der Waals surface area contributed by atoms with Gasteiger partial charge >= 0.3 is 6.03 Å². The summed E-state index contributed by atoms with van der Waals surface area (Å²) in [7, 11) is 1.51. The van der Waals surface area contributed by atoms with Gasteiger partial charge in [-0.1, -0.05) is 23.7 Å². The number of carbonyl (C=O) groups is 2. The van der Waals surface area contributed by atoms with Gasteiger partial charge in [-0.3, -0.25) is 10.2 Å². The molecule has 0 atom stereocenters. The second-order valence-corrected chi connectivity index (χ2v) is 6.13. The maximum absolute atomic E-state index is 11.8. The molecule has 0 spiro atoms. The topological polar surface area (TPSA) is 88.7 Å². The van der Waals surface area contributed by atoms with Gasteiger partial charge in [-0.05, 0) is 49.2 Å². The lowest BCUT2D eigenvalue weighted by atomic mass is 10.2. The fourth-order valence-corrected chi connectivity index (χ4v) is 2.51. The van der Waals surface area contributed by atoms with Crippen molar-refractivity contribution in [1.82, 2.24) is 10.9 Å². The first-order valence-electron chi connectivity index (χ1n) is 8.37. The van der Waals surface area contributed by atoms with Gasteiger partial charge in [0.15, 0.2) is 0 Å². The molecule has 7 nitrogen and oxygen atoms in total. The van der Waals surface area contributed by atoms with Crippen LogP contribution in [-0.2, 0) is 4.79 Å². The molecule has 3 N–H and O–H groups in total. The van der Waals surface area contributed by atoms with Crippen molar-refractivity contribution in [1.29, 1.82) is 0 Å². The summed E-state index contributed by atoms with van der Waals surface area (Å²) in [5.74, 6) is 0.935. The quantitative estimate of drug-likeness (QED) is 0.496. The number of aryl methyl sites for hydroxylation is 1. The first-order valence-corrected chi connectivity index (χ1v) is 8.75. The first kappa shape index (κ1) is 20.4. The fraction of sp³-hybridized carbons (Fsp3) is 0.263. The zero-order valence-corrected chi connectivity index (χ0v) is 15.9. The molecule has 0 saturated heterocycles. The summed E-state index contributed by atoms with van der Waals surface area (Å²) in [5.41, 5.74) is 6.07. The largest absolute Gasteiger partial charge is 0.495 e. The van der Waals surface area contributed by atoms with E-state index in [1.54, 1.807) is 36.4 Å². The summed E-state index contributed by atoms with van der Waals surface area (Å²) in [6.45, 7) is 2.28. The first-order chi connectivity index (χ1) is 13.0. The molecule has 0 saturated carbocycles. The van der Waals surface area contributed by atoms with Crippen molar-refractivity contribution in [3.63, 3.8) is 0 Å². The Hall–Kier alpha value is -2.93. The van der Waals surface area contributed by atoms with Gasteiger partial charge in [0.2, 0.25) is 5.91 Å². The summed E-state index contributed by atoms with van der Waals surface area (Å²) in [4.78, 5) is 23.6. The smallest absolute Gasteiger partial charge is 0.338 e. The number of hydrogen-bond donors (Lipinski definition) is 3. The lowest BCUT2D eigenvalue weighted by Crippen LogP contribution is -2.43. The highest BCUT2D eigenvalue weighted by Gasteiger charge is 2.08. The van der Waals surface area contributed by atoms with E-state index in [4.69, 9.17) is 21.1 Å². The number of methoxy groups -OCH3 is 1. The molecule has 2 aromatic carbocycles. The van der Waals surface area contributed by atoms with Crippen LogP contribution >= 0.6 is 11.6 Å². The molecule has 0 bridgehead atoms. The normalized spacial score (nSPS) is 10.0. The Morgan fingerprint density at radius 2 is 1.85 bits per heavy atom. The van der Waals surface area contributed by atoms with E-state index < -0.39 is 6.03 Å². The molecule has 0 aliphatic carbocycles. The number of amides is 3. The van der Waals surface area contributed by atoms with Crippen LogP contribution in [0, 0.1) is 6.92 Å². The van der Waals surface area contributed by atoms with E-state index >= 15 is 0 Å². The number of rotatable bonds is 7.